The van der Waals surface area contributed by atoms with E-state index in [4.69, 9.17) is 37.8 Å². The number of halogens is 2. The molecule has 5 nitrogen and oxygen atoms in total. The van der Waals surface area contributed by atoms with E-state index in [9.17, 15) is 4.79 Å². The predicted molar refractivity (Wildman–Crippen MR) is 117 cm³/mol. The molecule has 0 aromatic heterocycles. The van der Waals surface area contributed by atoms with Crippen LogP contribution >= 0.6 is 23.2 Å². The maximum absolute atomic E-state index is 10.9. The maximum atomic E-state index is 10.9. The minimum Gasteiger partial charge on any atom is -0.492 e. The first-order valence-corrected chi connectivity index (χ1v) is 11.0. The van der Waals surface area contributed by atoms with Crippen LogP contribution in [0.25, 0.3) is 0 Å². The summed E-state index contributed by atoms with van der Waals surface area (Å²) < 4.78 is 12.2. The molecule has 2 atom stereocenters. The number of carboxylic acid groups (broad SMARTS) is 1. The molecular weight excluding hydrogens is 425 g/mol. The van der Waals surface area contributed by atoms with Crippen LogP contribution in [0.1, 0.15) is 43.4 Å². The molecule has 1 saturated heterocycles. The van der Waals surface area contributed by atoms with Crippen molar-refractivity contribution in [2.75, 3.05) is 26.2 Å². The average Bonchev–Trinajstić information content (AvgIpc) is 3.03. The van der Waals surface area contributed by atoms with Gasteiger partial charge in [0.2, 0.25) is 0 Å². The summed E-state index contributed by atoms with van der Waals surface area (Å²) in [6.45, 7) is 4.86. The predicted octanol–water partition coefficient (Wildman–Crippen LogP) is 5.33. The fourth-order valence-corrected chi connectivity index (χ4v) is 5.30. The Labute approximate surface area is 186 Å². The van der Waals surface area contributed by atoms with Crippen molar-refractivity contribution in [3.8, 4) is 11.5 Å². The third-order valence-electron chi connectivity index (χ3n) is 6.05. The highest BCUT2D eigenvalue weighted by Crippen LogP contribution is 2.46. The number of piperidine rings is 1. The first kappa shape index (κ1) is 21.3. The zero-order chi connectivity index (χ0) is 21.3. The molecule has 0 radical (unpaired) electrons. The monoisotopic (exact) mass is 449 g/mol. The first-order valence-electron chi connectivity index (χ1n) is 10.2. The Morgan fingerprint density at radius 2 is 2.07 bits per heavy atom. The number of carbonyl (C=O) groups is 1. The molecule has 2 heterocycles. The third kappa shape index (κ3) is 4.25. The van der Waals surface area contributed by atoms with E-state index in [1.54, 1.807) is 12.1 Å². The molecule has 0 saturated carbocycles. The van der Waals surface area contributed by atoms with Gasteiger partial charge >= 0.3 is 5.97 Å². The Hall–Kier alpha value is -1.95. The van der Waals surface area contributed by atoms with E-state index in [0.717, 1.165) is 37.2 Å². The zero-order valence-electron chi connectivity index (χ0n) is 16.9. The molecule has 4 rings (SSSR count). The van der Waals surface area contributed by atoms with E-state index in [0.29, 0.717) is 28.9 Å². The molecule has 160 valence electrons. The molecule has 0 bridgehead atoms. The number of nitrogens with zero attached hydrogens (tertiary/aromatic N) is 1. The van der Waals surface area contributed by atoms with Crippen molar-refractivity contribution >= 4 is 29.2 Å². The molecule has 0 aliphatic carbocycles. The molecule has 2 unspecified atom stereocenters. The molecule has 2 aliphatic heterocycles. The van der Waals surface area contributed by atoms with Crippen LogP contribution in [0.2, 0.25) is 10.0 Å². The van der Waals surface area contributed by atoms with E-state index >= 15 is 0 Å². The van der Waals surface area contributed by atoms with E-state index in [1.807, 2.05) is 25.1 Å². The summed E-state index contributed by atoms with van der Waals surface area (Å²) >= 11 is 12.6. The Bertz CT molecular complexity index is 931. The number of likely N-dealkylation sites (tertiary alicyclic amines) is 1. The van der Waals surface area contributed by atoms with Crippen LogP contribution in [0, 0.1) is 0 Å². The molecule has 2 aliphatic rings. The summed E-state index contributed by atoms with van der Waals surface area (Å²) in [5.41, 5.74) is 1.86. The summed E-state index contributed by atoms with van der Waals surface area (Å²) in [7, 11) is 0. The topological polar surface area (TPSA) is 59.0 Å². The average molecular weight is 450 g/mol. The van der Waals surface area contributed by atoms with Gasteiger partial charge in [-0.05, 0) is 44.5 Å². The number of fused-ring (bicyclic) bond motifs is 2. The molecule has 7 heteroatoms. The van der Waals surface area contributed by atoms with Crippen LogP contribution in [-0.2, 0) is 10.2 Å². The minimum atomic E-state index is -0.757. The Morgan fingerprint density at radius 3 is 2.80 bits per heavy atom. The number of rotatable bonds is 6. The number of hydrogen-bond donors (Lipinski definition) is 1. The van der Waals surface area contributed by atoms with Gasteiger partial charge in [0.25, 0.3) is 0 Å². The third-order valence-corrected chi connectivity index (χ3v) is 6.70. The standard InChI is InChI=1S/C23H25Cl2NO4/c1-15(22-18(24)4-2-5-19(22)25)30-16-6-7-17-20(12-16)29-14-23(17)9-3-10-26(13-23)11-8-21(27)28/h2,4-7,12,15H,3,8-11,13-14H2,1H3,(H,27,28). The van der Waals surface area contributed by atoms with Gasteiger partial charge in [0.05, 0.1) is 13.0 Å². The number of hydrogen-bond acceptors (Lipinski definition) is 4. The first-order chi connectivity index (χ1) is 14.4. The van der Waals surface area contributed by atoms with Crippen molar-refractivity contribution < 1.29 is 19.4 Å². The molecule has 1 N–H and O–H groups in total. The van der Waals surface area contributed by atoms with E-state index < -0.39 is 5.97 Å². The van der Waals surface area contributed by atoms with Gasteiger partial charge in [0.15, 0.2) is 0 Å². The van der Waals surface area contributed by atoms with Crippen molar-refractivity contribution in [1.82, 2.24) is 4.90 Å². The second-order valence-corrected chi connectivity index (χ2v) is 8.96. The summed E-state index contributed by atoms with van der Waals surface area (Å²) in [6, 6.07) is 11.4. The largest absolute Gasteiger partial charge is 0.492 e. The summed E-state index contributed by atoms with van der Waals surface area (Å²) in [5.74, 6) is 0.782. The molecule has 1 fully saturated rings. The number of carboxylic acids is 1. The molecule has 0 amide bonds. The fourth-order valence-electron chi connectivity index (χ4n) is 4.60. The Balaban J connectivity index is 1.50. The lowest BCUT2D eigenvalue weighted by atomic mass is 9.75. The second kappa shape index (κ2) is 8.66. The summed E-state index contributed by atoms with van der Waals surface area (Å²) in [6.07, 6.45) is 1.93. The van der Waals surface area contributed by atoms with E-state index in [2.05, 4.69) is 11.0 Å². The van der Waals surface area contributed by atoms with Crippen molar-refractivity contribution in [2.24, 2.45) is 0 Å². The molecule has 1 spiro atoms. The van der Waals surface area contributed by atoms with Gasteiger partial charge in [-0.15, -0.1) is 0 Å². The van der Waals surface area contributed by atoms with Gasteiger partial charge in [0.1, 0.15) is 17.6 Å². The minimum absolute atomic E-state index is 0.0811. The molecule has 2 aromatic rings. The number of ether oxygens (including phenoxy) is 2. The van der Waals surface area contributed by atoms with Gasteiger partial charge in [-0.25, -0.2) is 0 Å². The normalized spacial score (nSPS) is 21.8. The van der Waals surface area contributed by atoms with Crippen molar-refractivity contribution in [1.29, 1.82) is 0 Å². The number of benzene rings is 2. The van der Waals surface area contributed by atoms with E-state index in [1.165, 1.54) is 5.56 Å². The zero-order valence-corrected chi connectivity index (χ0v) is 18.4. The van der Waals surface area contributed by atoms with Crippen molar-refractivity contribution in [2.45, 2.75) is 37.7 Å². The number of aliphatic carboxylic acids is 1. The quantitative estimate of drug-likeness (QED) is 0.645. The lowest BCUT2D eigenvalue weighted by molar-refractivity contribution is -0.137. The highest BCUT2D eigenvalue weighted by Gasteiger charge is 2.44. The highest BCUT2D eigenvalue weighted by molar-refractivity contribution is 6.36. The smallest absolute Gasteiger partial charge is 0.304 e. The second-order valence-electron chi connectivity index (χ2n) is 8.15. The van der Waals surface area contributed by atoms with Crippen molar-refractivity contribution in [3.63, 3.8) is 0 Å². The van der Waals surface area contributed by atoms with Crippen LogP contribution in [0.4, 0.5) is 0 Å². The Morgan fingerprint density at radius 1 is 1.30 bits per heavy atom. The van der Waals surface area contributed by atoms with Crippen LogP contribution in [0.5, 0.6) is 11.5 Å². The van der Waals surface area contributed by atoms with Gasteiger partial charge in [-0.3, -0.25) is 4.79 Å². The van der Waals surface area contributed by atoms with Crippen LogP contribution in [0.3, 0.4) is 0 Å². The van der Waals surface area contributed by atoms with Crippen LogP contribution in [0.15, 0.2) is 36.4 Å². The molecule has 2 aromatic carbocycles. The fraction of sp³-hybridized carbons (Fsp3) is 0.435. The van der Waals surface area contributed by atoms with Crippen LogP contribution in [-0.4, -0.2) is 42.2 Å². The highest BCUT2D eigenvalue weighted by atomic mass is 35.5. The van der Waals surface area contributed by atoms with Crippen LogP contribution < -0.4 is 9.47 Å². The van der Waals surface area contributed by atoms with E-state index in [-0.39, 0.29) is 17.9 Å². The Kier molecular flexibility index (Phi) is 6.14. The molecule has 30 heavy (non-hydrogen) atoms. The van der Waals surface area contributed by atoms with Gasteiger partial charge < -0.3 is 19.5 Å². The lowest BCUT2D eigenvalue weighted by Gasteiger charge is -2.39. The molecular formula is C23H25Cl2NO4. The van der Waals surface area contributed by atoms with Gasteiger partial charge in [0, 0.05) is 45.7 Å². The van der Waals surface area contributed by atoms with Crippen molar-refractivity contribution in [3.05, 3.63) is 57.6 Å². The maximum Gasteiger partial charge on any atom is 0.304 e. The van der Waals surface area contributed by atoms with Gasteiger partial charge in [-0.1, -0.05) is 35.3 Å². The summed E-state index contributed by atoms with van der Waals surface area (Å²) in [4.78, 5) is 13.2. The summed E-state index contributed by atoms with van der Waals surface area (Å²) in [5, 5.41) is 10.2. The SMILES string of the molecule is CC(Oc1ccc2c(c1)OCC21CCCN(CCC(=O)O)C1)c1c(Cl)cccc1Cl. The lowest BCUT2D eigenvalue weighted by Crippen LogP contribution is -2.47. The van der Waals surface area contributed by atoms with Gasteiger partial charge in [-0.2, -0.15) is 0 Å².